The number of thiazole rings is 1. The lowest BCUT2D eigenvalue weighted by atomic mass is 10.2. The molecule has 0 aliphatic carbocycles. The summed E-state index contributed by atoms with van der Waals surface area (Å²) in [6.07, 6.45) is 2.14. The second-order valence-corrected chi connectivity index (χ2v) is 10.6. The van der Waals surface area contributed by atoms with Crippen molar-refractivity contribution in [3.63, 3.8) is 0 Å². The fourth-order valence-electron chi connectivity index (χ4n) is 3.07. The van der Waals surface area contributed by atoms with E-state index in [-0.39, 0.29) is 16.4 Å². The molecular formula is C20H20FN3O5S3. The first-order valence-corrected chi connectivity index (χ1v) is 13.3. The molecule has 2 heterocycles. The van der Waals surface area contributed by atoms with Crippen LogP contribution in [0.1, 0.15) is 6.42 Å². The Balaban J connectivity index is 1.53. The van der Waals surface area contributed by atoms with Crippen molar-refractivity contribution in [1.29, 1.82) is 0 Å². The van der Waals surface area contributed by atoms with E-state index in [2.05, 4.69) is 15.0 Å². The van der Waals surface area contributed by atoms with Gasteiger partial charge in [0.25, 0.3) is 0 Å². The molecule has 1 atom stereocenters. The monoisotopic (exact) mass is 497 g/mol. The van der Waals surface area contributed by atoms with Crippen LogP contribution in [0.3, 0.4) is 0 Å². The molecule has 0 fully saturated rings. The number of anilines is 1. The maximum absolute atomic E-state index is 13.4. The first-order valence-electron chi connectivity index (χ1n) is 9.63. The molecule has 170 valence electrons. The predicted octanol–water partition coefficient (Wildman–Crippen LogP) is 3.25. The van der Waals surface area contributed by atoms with E-state index in [1.807, 2.05) is 6.26 Å². The van der Waals surface area contributed by atoms with Gasteiger partial charge in [-0.25, -0.2) is 17.8 Å². The van der Waals surface area contributed by atoms with Crippen LogP contribution < -0.4 is 19.5 Å². The number of nitrogens with one attached hydrogen (secondary N) is 2. The molecule has 0 saturated carbocycles. The highest BCUT2D eigenvalue weighted by Crippen LogP contribution is 2.32. The van der Waals surface area contributed by atoms with E-state index < -0.39 is 27.8 Å². The van der Waals surface area contributed by atoms with Crippen LogP contribution in [0.4, 0.5) is 9.52 Å². The first-order chi connectivity index (χ1) is 15.4. The number of rotatable bonds is 8. The lowest BCUT2D eigenvalue weighted by molar-refractivity contribution is -0.117. The number of sulfonamides is 1. The summed E-state index contributed by atoms with van der Waals surface area (Å²) in [6, 6.07) is 7.43. The maximum Gasteiger partial charge on any atom is 0.244 e. The number of carbonyl (C=O) groups is 1. The van der Waals surface area contributed by atoms with Crippen molar-refractivity contribution in [1.82, 2.24) is 9.71 Å². The topological polar surface area (TPSA) is 107 Å². The molecule has 0 bridgehead atoms. The molecule has 12 heteroatoms. The van der Waals surface area contributed by atoms with Crippen molar-refractivity contribution in [2.24, 2.45) is 0 Å². The fraction of sp³-hybridized carbons (Fsp3) is 0.300. The Morgan fingerprint density at radius 2 is 2.00 bits per heavy atom. The number of halogens is 1. The smallest absolute Gasteiger partial charge is 0.244 e. The molecule has 1 aromatic heterocycles. The van der Waals surface area contributed by atoms with Gasteiger partial charge in [0.15, 0.2) is 16.6 Å². The number of carbonyl (C=O) groups excluding carboxylic acids is 1. The number of nitrogens with zero attached hydrogens (tertiary/aromatic N) is 1. The average Bonchev–Trinajstić information content (AvgIpc) is 3.17. The lowest BCUT2D eigenvalue weighted by Gasteiger charge is -2.20. The number of ether oxygens (including phenoxy) is 2. The van der Waals surface area contributed by atoms with Gasteiger partial charge in [-0.3, -0.25) is 4.79 Å². The summed E-state index contributed by atoms with van der Waals surface area (Å²) >= 11 is 2.61. The zero-order valence-corrected chi connectivity index (χ0v) is 19.4. The number of thioether (sulfide) groups is 1. The molecule has 1 aliphatic heterocycles. The Hall–Kier alpha value is -2.41. The van der Waals surface area contributed by atoms with Crippen LogP contribution >= 0.6 is 23.1 Å². The van der Waals surface area contributed by atoms with E-state index in [9.17, 15) is 17.6 Å². The second kappa shape index (κ2) is 9.61. The summed E-state index contributed by atoms with van der Waals surface area (Å²) in [6.45, 7) is 0.724. The molecule has 3 aromatic rings. The molecule has 0 spiro atoms. The number of aromatic nitrogens is 1. The maximum atomic E-state index is 13.4. The molecule has 8 nitrogen and oxygen atoms in total. The van der Waals surface area contributed by atoms with Gasteiger partial charge in [-0.1, -0.05) is 11.3 Å². The minimum absolute atomic E-state index is 0.0286. The molecule has 1 unspecified atom stereocenters. The predicted molar refractivity (Wildman–Crippen MR) is 123 cm³/mol. The standard InChI is InChI=1S/C20H20FN3O5S3/c1-30-9-6-15(19(25)23-20-22-14-4-2-12(21)10-18(14)31-20)24-32(26,27)13-3-5-16-17(11-13)29-8-7-28-16/h2-5,10-11,15,24H,6-9H2,1H3,(H,22,23,25). The van der Waals surface area contributed by atoms with Gasteiger partial charge in [0.05, 0.1) is 15.1 Å². The molecular weight excluding hydrogens is 477 g/mol. The SMILES string of the molecule is CSCCC(NS(=O)(=O)c1ccc2c(c1)OCCO2)C(=O)Nc1nc2ccc(F)cc2s1. The van der Waals surface area contributed by atoms with Gasteiger partial charge < -0.3 is 14.8 Å². The van der Waals surface area contributed by atoms with Crippen molar-refractivity contribution in [3.8, 4) is 11.5 Å². The third-order valence-electron chi connectivity index (χ3n) is 4.63. The van der Waals surface area contributed by atoms with Crippen molar-refractivity contribution < 1.29 is 27.1 Å². The van der Waals surface area contributed by atoms with Crippen LogP contribution in [0.5, 0.6) is 11.5 Å². The molecule has 1 amide bonds. The van der Waals surface area contributed by atoms with E-state index in [4.69, 9.17) is 9.47 Å². The number of amides is 1. The fourth-order valence-corrected chi connectivity index (χ4v) is 5.68. The van der Waals surface area contributed by atoms with E-state index in [1.54, 1.807) is 0 Å². The van der Waals surface area contributed by atoms with Gasteiger partial charge in [0.2, 0.25) is 15.9 Å². The van der Waals surface area contributed by atoms with Crippen molar-refractivity contribution >= 4 is 54.4 Å². The number of benzene rings is 2. The van der Waals surface area contributed by atoms with E-state index >= 15 is 0 Å². The zero-order valence-electron chi connectivity index (χ0n) is 17.0. The van der Waals surface area contributed by atoms with Crippen LogP contribution in [0.25, 0.3) is 10.2 Å². The normalized spacial score (nSPS) is 14.3. The Morgan fingerprint density at radius 1 is 1.22 bits per heavy atom. The molecule has 2 N–H and O–H groups in total. The highest BCUT2D eigenvalue weighted by atomic mass is 32.2. The Labute approximate surface area is 192 Å². The number of hydrogen-bond acceptors (Lipinski definition) is 8. The molecule has 0 saturated heterocycles. The van der Waals surface area contributed by atoms with Crippen molar-refractivity contribution in [2.75, 3.05) is 30.5 Å². The molecule has 0 radical (unpaired) electrons. The summed E-state index contributed by atoms with van der Waals surface area (Å²) in [5.74, 6) is 0.432. The first kappa shape index (κ1) is 22.8. The number of hydrogen-bond donors (Lipinski definition) is 2. The van der Waals surface area contributed by atoms with E-state index in [0.717, 1.165) is 11.3 Å². The quantitative estimate of drug-likeness (QED) is 0.492. The minimum Gasteiger partial charge on any atom is -0.486 e. The van der Waals surface area contributed by atoms with Crippen molar-refractivity contribution in [2.45, 2.75) is 17.4 Å². The third kappa shape index (κ3) is 5.14. The van der Waals surface area contributed by atoms with Gasteiger partial charge in [-0.05, 0) is 48.8 Å². The van der Waals surface area contributed by atoms with Crippen LogP contribution in [0.15, 0.2) is 41.3 Å². The Morgan fingerprint density at radius 3 is 2.78 bits per heavy atom. The third-order valence-corrected chi connectivity index (χ3v) is 7.68. The molecule has 32 heavy (non-hydrogen) atoms. The van der Waals surface area contributed by atoms with Gasteiger partial charge >= 0.3 is 0 Å². The lowest BCUT2D eigenvalue weighted by Crippen LogP contribution is -2.44. The molecule has 2 aromatic carbocycles. The molecule has 1 aliphatic rings. The average molecular weight is 498 g/mol. The van der Waals surface area contributed by atoms with Crippen molar-refractivity contribution in [3.05, 3.63) is 42.2 Å². The summed E-state index contributed by atoms with van der Waals surface area (Å²) in [5, 5.41) is 2.92. The van der Waals surface area contributed by atoms with Gasteiger partial charge in [0.1, 0.15) is 25.1 Å². The molecule has 4 rings (SSSR count). The summed E-state index contributed by atoms with van der Waals surface area (Å²) in [5.41, 5.74) is 0.546. The van der Waals surface area contributed by atoms with Gasteiger partial charge in [-0.15, -0.1) is 0 Å². The number of fused-ring (bicyclic) bond motifs is 2. The van der Waals surface area contributed by atoms with Crippen LogP contribution in [0, 0.1) is 5.82 Å². The van der Waals surface area contributed by atoms with Gasteiger partial charge in [-0.2, -0.15) is 16.5 Å². The zero-order chi connectivity index (χ0) is 22.7. The Bertz CT molecular complexity index is 1250. The summed E-state index contributed by atoms with van der Waals surface area (Å²) in [4.78, 5) is 17.1. The largest absolute Gasteiger partial charge is 0.486 e. The van der Waals surface area contributed by atoms with Crippen LogP contribution in [-0.2, 0) is 14.8 Å². The highest BCUT2D eigenvalue weighted by molar-refractivity contribution is 7.98. The minimum atomic E-state index is -4.01. The van der Waals surface area contributed by atoms with E-state index in [1.165, 1.54) is 48.2 Å². The Kier molecular flexibility index (Phi) is 6.84. The van der Waals surface area contributed by atoms with Crippen LogP contribution in [0.2, 0.25) is 0 Å². The van der Waals surface area contributed by atoms with Crippen LogP contribution in [-0.4, -0.2) is 50.6 Å². The van der Waals surface area contributed by atoms with Gasteiger partial charge in [0, 0.05) is 6.07 Å². The second-order valence-electron chi connectivity index (χ2n) is 6.88. The highest BCUT2D eigenvalue weighted by Gasteiger charge is 2.27. The van der Waals surface area contributed by atoms with E-state index in [0.29, 0.717) is 40.7 Å². The summed E-state index contributed by atoms with van der Waals surface area (Å²) < 4.78 is 53.3. The summed E-state index contributed by atoms with van der Waals surface area (Å²) in [7, 11) is -4.01.